The SMILES string of the molecule is CC(=O)Nc1ccc(SC[C@H](NC(=O)CC[C@H](N)C(=O)O)C(=O)NCC(=O)O)cc1. The number of carbonyl (C=O) groups excluding carboxylic acids is 3. The zero-order valence-electron chi connectivity index (χ0n) is 16.2. The van der Waals surface area contributed by atoms with Crippen LogP contribution in [-0.4, -0.2) is 64.3 Å². The number of benzene rings is 1. The molecule has 12 heteroatoms. The van der Waals surface area contributed by atoms with E-state index in [0.717, 1.165) is 4.90 Å². The smallest absolute Gasteiger partial charge is 0.322 e. The number of thioether (sulfide) groups is 1. The molecule has 0 spiro atoms. The van der Waals surface area contributed by atoms with Crippen LogP contribution in [0, 0.1) is 0 Å². The number of rotatable bonds is 12. The second-order valence-corrected chi connectivity index (χ2v) is 7.33. The third-order valence-corrected chi connectivity index (χ3v) is 4.76. The van der Waals surface area contributed by atoms with Crippen molar-refractivity contribution in [1.82, 2.24) is 10.6 Å². The first kappa shape index (κ1) is 24.9. The van der Waals surface area contributed by atoms with Gasteiger partial charge in [-0.2, -0.15) is 0 Å². The molecule has 0 aliphatic heterocycles. The lowest BCUT2D eigenvalue weighted by molar-refractivity contribution is -0.139. The third-order valence-electron chi connectivity index (χ3n) is 3.66. The Balaban J connectivity index is 2.71. The maximum Gasteiger partial charge on any atom is 0.322 e. The highest BCUT2D eigenvalue weighted by Gasteiger charge is 2.22. The Morgan fingerprint density at radius 1 is 1.10 bits per heavy atom. The molecule has 30 heavy (non-hydrogen) atoms. The van der Waals surface area contributed by atoms with Crippen molar-refractivity contribution >= 4 is 47.1 Å². The van der Waals surface area contributed by atoms with E-state index >= 15 is 0 Å². The first-order chi connectivity index (χ1) is 14.1. The minimum absolute atomic E-state index is 0.0989. The lowest BCUT2D eigenvalue weighted by atomic mass is 10.1. The van der Waals surface area contributed by atoms with Crippen LogP contribution >= 0.6 is 11.8 Å². The summed E-state index contributed by atoms with van der Waals surface area (Å²) < 4.78 is 0. The van der Waals surface area contributed by atoms with Crippen LogP contribution in [0.1, 0.15) is 19.8 Å². The molecule has 0 saturated heterocycles. The van der Waals surface area contributed by atoms with Crippen LogP contribution in [0.15, 0.2) is 29.2 Å². The summed E-state index contributed by atoms with van der Waals surface area (Å²) in [5.41, 5.74) is 5.96. The van der Waals surface area contributed by atoms with Crippen molar-refractivity contribution in [3.05, 3.63) is 24.3 Å². The molecule has 0 aliphatic carbocycles. The number of hydrogen-bond acceptors (Lipinski definition) is 7. The Kier molecular flexibility index (Phi) is 10.3. The van der Waals surface area contributed by atoms with E-state index < -0.39 is 42.4 Å². The number of carboxylic acid groups (broad SMARTS) is 2. The lowest BCUT2D eigenvalue weighted by Gasteiger charge is -2.18. The molecule has 11 nitrogen and oxygen atoms in total. The van der Waals surface area contributed by atoms with Gasteiger partial charge >= 0.3 is 11.9 Å². The van der Waals surface area contributed by atoms with E-state index in [0.29, 0.717) is 5.69 Å². The quantitative estimate of drug-likeness (QED) is 0.235. The molecule has 1 rings (SSSR count). The Labute approximate surface area is 176 Å². The Bertz CT molecular complexity index is 785. The lowest BCUT2D eigenvalue weighted by Crippen LogP contribution is -2.49. The van der Waals surface area contributed by atoms with Crippen molar-refractivity contribution in [2.45, 2.75) is 36.7 Å². The van der Waals surface area contributed by atoms with E-state index in [9.17, 15) is 24.0 Å². The van der Waals surface area contributed by atoms with Crippen LogP contribution in [0.5, 0.6) is 0 Å². The second-order valence-electron chi connectivity index (χ2n) is 6.23. The predicted octanol–water partition coefficient (Wildman–Crippen LogP) is -0.385. The molecule has 0 unspecified atom stereocenters. The van der Waals surface area contributed by atoms with E-state index in [2.05, 4.69) is 16.0 Å². The summed E-state index contributed by atoms with van der Waals surface area (Å²) in [4.78, 5) is 57.5. The molecule has 0 aliphatic rings. The van der Waals surface area contributed by atoms with Crippen LogP contribution in [0.3, 0.4) is 0 Å². The van der Waals surface area contributed by atoms with Gasteiger partial charge in [0.2, 0.25) is 17.7 Å². The van der Waals surface area contributed by atoms with Gasteiger partial charge in [0.05, 0.1) is 0 Å². The second kappa shape index (κ2) is 12.4. The monoisotopic (exact) mass is 440 g/mol. The Morgan fingerprint density at radius 2 is 1.73 bits per heavy atom. The number of carboxylic acids is 2. The van der Waals surface area contributed by atoms with Crippen LogP contribution in [0.2, 0.25) is 0 Å². The normalized spacial score (nSPS) is 12.3. The number of nitrogens with two attached hydrogens (primary N) is 1. The van der Waals surface area contributed by atoms with Gasteiger partial charge in [-0.05, 0) is 30.7 Å². The van der Waals surface area contributed by atoms with Gasteiger partial charge in [0.25, 0.3) is 0 Å². The Hall–Kier alpha value is -3.12. The number of anilines is 1. The number of nitrogens with one attached hydrogen (secondary N) is 3. The fourth-order valence-electron chi connectivity index (χ4n) is 2.16. The van der Waals surface area contributed by atoms with Crippen molar-refractivity contribution in [2.75, 3.05) is 17.6 Å². The summed E-state index contributed by atoms with van der Waals surface area (Å²) in [5, 5.41) is 24.8. The molecule has 0 bridgehead atoms. The molecular formula is C18H24N4O7S. The van der Waals surface area contributed by atoms with Gasteiger partial charge in [-0.15, -0.1) is 11.8 Å². The fourth-order valence-corrected chi connectivity index (χ4v) is 3.09. The van der Waals surface area contributed by atoms with Crippen molar-refractivity contribution in [3.63, 3.8) is 0 Å². The average molecular weight is 440 g/mol. The minimum atomic E-state index is -1.24. The molecule has 3 amide bonds. The van der Waals surface area contributed by atoms with Crippen LogP contribution < -0.4 is 21.7 Å². The summed E-state index contributed by atoms with van der Waals surface area (Å²) in [6.45, 7) is 0.778. The van der Waals surface area contributed by atoms with Gasteiger partial charge in [0, 0.05) is 29.7 Å². The third kappa shape index (κ3) is 9.89. The van der Waals surface area contributed by atoms with Gasteiger partial charge in [-0.3, -0.25) is 24.0 Å². The van der Waals surface area contributed by atoms with Crippen molar-refractivity contribution in [1.29, 1.82) is 0 Å². The van der Waals surface area contributed by atoms with Gasteiger partial charge < -0.3 is 31.9 Å². The molecule has 2 atom stereocenters. The van der Waals surface area contributed by atoms with Gasteiger partial charge in [-0.25, -0.2) is 0 Å². The minimum Gasteiger partial charge on any atom is -0.480 e. The highest BCUT2D eigenvalue weighted by Crippen LogP contribution is 2.21. The number of hydrogen-bond donors (Lipinski definition) is 6. The van der Waals surface area contributed by atoms with E-state index in [1.807, 2.05) is 0 Å². The topological polar surface area (TPSA) is 188 Å². The van der Waals surface area contributed by atoms with Crippen molar-refractivity contribution < 1.29 is 34.2 Å². The molecule has 1 aromatic carbocycles. The molecule has 1 aromatic rings. The summed E-state index contributed by atoms with van der Waals surface area (Å²) >= 11 is 1.24. The maximum atomic E-state index is 12.3. The zero-order chi connectivity index (χ0) is 22.7. The van der Waals surface area contributed by atoms with E-state index in [1.54, 1.807) is 24.3 Å². The van der Waals surface area contributed by atoms with Gasteiger partial charge in [-0.1, -0.05) is 0 Å². The van der Waals surface area contributed by atoms with Crippen LogP contribution in [0.25, 0.3) is 0 Å². The van der Waals surface area contributed by atoms with E-state index in [4.69, 9.17) is 15.9 Å². The van der Waals surface area contributed by atoms with Crippen LogP contribution in [0.4, 0.5) is 5.69 Å². The predicted molar refractivity (Wildman–Crippen MR) is 109 cm³/mol. The highest BCUT2D eigenvalue weighted by molar-refractivity contribution is 7.99. The standard InChI is InChI=1S/C18H24N4O7S/c1-10(23)21-11-2-4-12(5-3-11)30-9-14(17(27)20-8-16(25)26)22-15(24)7-6-13(19)18(28)29/h2-5,13-14H,6-9,19H2,1H3,(H,20,27)(H,21,23)(H,22,24)(H,25,26)(H,28,29)/t13-,14-/m0/s1. The molecule has 164 valence electrons. The average Bonchev–Trinajstić information content (AvgIpc) is 2.67. The van der Waals surface area contributed by atoms with Gasteiger partial charge in [0.1, 0.15) is 18.6 Å². The first-order valence-electron chi connectivity index (χ1n) is 8.86. The summed E-state index contributed by atoms with van der Waals surface area (Å²) in [6.07, 6.45) is -0.311. The largest absolute Gasteiger partial charge is 0.480 e. The zero-order valence-corrected chi connectivity index (χ0v) is 17.0. The maximum absolute atomic E-state index is 12.3. The molecule has 0 aromatic heterocycles. The summed E-state index contributed by atoms with van der Waals surface area (Å²) in [6, 6.07) is 4.54. The highest BCUT2D eigenvalue weighted by atomic mass is 32.2. The van der Waals surface area contributed by atoms with Crippen LogP contribution in [-0.2, 0) is 24.0 Å². The number of carbonyl (C=O) groups is 5. The molecule has 0 saturated carbocycles. The summed E-state index contributed by atoms with van der Waals surface area (Å²) in [5.74, 6) is -3.85. The van der Waals surface area contributed by atoms with Crippen molar-refractivity contribution in [3.8, 4) is 0 Å². The molecular weight excluding hydrogens is 416 g/mol. The van der Waals surface area contributed by atoms with Crippen molar-refractivity contribution in [2.24, 2.45) is 5.73 Å². The van der Waals surface area contributed by atoms with E-state index in [-0.39, 0.29) is 24.5 Å². The first-order valence-corrected chi connectivity index (χ1v) is 9.84. The number of amides is 3. The fraction of sp³-hybridized carbons (Fsp3) is 0.389. The van der Waals surface area contributed by atoms with E-state index in [1.165, 1.54) is 18.7 Å². The molecule has 7 N–H and O–H groups in total. The Morgan fingerprint density at radius 3 is 2.27 bits per heavy atom. The summed E-state index contributed by atoms with van der Waals surface area (Å²) in [7, 11) is 0. The number of aliphatic carboxylic acids is 2. The molecule has 0 radical (unpaired) electrons. The molecule has 0 fully saturated rings. The van der Waals surface area contributed by atoms with Gasteiger partial charge in [0.15, 0.2) is 0 Å². The molecule has 0 heterocycles.